The molecule has 3 aliphatic rings. The van der Waals surface area contributed by atoms with E-state index in [-0.39, 0.29) is 17.8 Å². The highest BCUT2D eigenvalue weighted by atomic mass is 35.5. The van der Waals surface area contributed by atoms with E-state index < -0.39 is 11.0 Å². The number of nitrogens with one attached hydrogen (secondary N) is 3. The lowest BCUT2D eigenvalue weighted by Crippen LogP contribution is -2.46. The van der Waals surface area contributed by atoms with Crippen LogP contribution in [0, 0.1) is 5.41 Å². The molecule has 286 valence electrons. The predicted molar refractivity (Wildman–Crippen MR) is 210 cm³/mol. The van der Waals surface area contributed by atoms with Crippen LogP contribution >= 0.6 is 23.2 Å². The van der Waals surface area contributed by atoms with Crippen LogP contribution in [0.2, 0.25) is 10.0 Å². The number of ether oxygens (including phenoxy) is 1. The average Bonchev–Trinajstić information content (AvgIpc) is 3.65. The first-order chi connectivity index (χ1) is 25.6. The van der Waals surface area contributed by atoms with Crippen LogP contribution in [0.4, 0.5) is 11.4 Å². The van der Waals surface area contributed by atoms with Crippen LogP contribution < -0.4 is 16.0 Å². The molecule has 7 rings (SSSR count). The lowest BCUT2D eigenvalue weighted by atomic mass is 9.73. The molecule has 0 radical (unpaired) electrons. The van der Waals surface area contributed by atoms with Crippen molar-refractivity contribution in [3.8, 4) is 11.1 Å². The number of carbonyl (C=O) groups is 3. The largest absolute Gasteiger partial charge is 0.460 e. The number of benzene rings is 2. The highest BCUT2D eigenvalue weighted by molar-refractivity contribution is 6.40. The van der Waals surface area contributed by atoms with Gasteiger partial charge in [-0.3, -0.25) is 19.3 Å². The molecule has 2 amide bonds. The first-order valence-corrected chi connectivity index (χ1v) is 19.4. The van der Waals surface area contributed by atoms with Crippen LogP contribution in [0.3, 0.4) is 0 Å². The van der Waals surface area contributed by atoms with E-state index in [2.05, 4.69) is 25.8 Å². The third-order valence-electron chi connectivity index (χ3n) is 11.1. The minimum absolute atomic E-state index is 0.113. The van der Waals surface area contributed by atoms with Gasteiger partial charge in [0.1, 0.15) is 5.60 Å². The summed E-state index contributed by atoms with van der Waals surface area (Å²) in [6.07, 6.45) is 4.94. The molecule has 2 aliphatic heterocycles. The minimum Gasteiger partial charge on any atom is -0.460 e. The van der Waals surface area contributed by atoms with Gasteiger partial charge in [0.25, 0.3) is 11.8 Å². The first kappa shape index (κ1) is 38.1. The standard InChI is InChI=1S/C40H48Cl2N8O4/c1-39(2,3)54-38(53)40(4)17-13-23(14-18-40)50-20-16-31-29(22-50)45-35(49(31)6)37(52)47-27-12-8-10-25(33(27)42)24-9-7-11-26(32(24)41)46-36(51)34-44-28-21-43-19-15-30(28)48(34)5/h7-12,23,43H,13-22H2,1-6H3,(H,46,51)(H,47,52)/t23-,40+. The van der Waals surface area contributed by atoms with Crippen molar-refractivity contribution in [1.82, 2.24) is 29.3 Å². The van der Waals surface area contributed by atoms with Gasteiger partial charge in [-0.05, 0) is 65.5 Å². The molecule has 14 heteroatoms. The normalized spacial score (nSPS) is 20.2. The maximum absolute atomic E-state index is 13.8. The monoisotopic (exact) mass is 774 g/mol. The maximum atomic E-state index is 13.8. The van der Waals surface area contributed by atoms with Crippen molar-refractivity contribution in [2.45, 2.75) is 91.0 Å². The van der Waals surface area contributed by atoms with Crippen molar-refractivity contribution in [3.63, 3.8) is 0 Å². The summed E-state index contributed by atoms with van der Waals surface area (Å²) < 4.78 is 9.45. The van der Waals surface area contributed by atoms with Crippen LogP contribution in [-0.4, -0.2) is 66.5 Å². The molecule has 0 unspecified atom stereocenters. The van der Waals surface area contributed by atoms with Gasteiger partial charge in [0.05, 0.1) is 38.2 Å². The van der Waals surface area contributed by atoms with E-state index in [4.69, 9.17) is 32.9 Å². The Labute approximate surface area is 326 Å². The molecule has 3 N–H and O–H groups in total. The van der Waals surface area contributed by atoms with E-state index in [1.165, 1.54) is 0 Å². The Morgan fingerprint density at radius 2 is 1.39 bits per heavy atom. The highest BCUT2D eigenvalue weighted by Gasteiger charge is 2.42. The summed E-state index contributed by atoms with van der Waals surface area (Å²) in [5.41, 5.74) is 4.90. The zero-order chi connectivity index (χ0) is 38.5. The van der Waals surface area contributed by atoms with E-state index >= 15 is 0 Å². The third-order valence-corrected chi connectivity index (χ3v) is 11.9. The lowest BCUT2D eigenvalue weighted by molar-refractivity contribution is -0.169. The SMILES string of the molecule is Cn1c(C(=O)Nc2cccc(-c3cccc(NC(=O)c4nc5c(n4C)CCN([C@H]4CC[C@@](C)(C(=O)OC(C)(C)C)CC4)C5)c3Cl)c2Cl)nc2c1CCNC2. The van der Waals surface area contributed by atoms with Crippen LogP contribution in [0.1, 0.15) is 97.4 Å². The summed E-state index contributed by atoms with van der Waals surface area (Å²) in [6, 6.07) is 11.0. The molecule has 0 saturated heterocycles. The maximum Gasteiger partial charge on any atom is 0.312 e. The van der Waals surface area contributed by atoms with Gasteiger partial charge in [0.15, 0.2) is 11.6 Å². The zero-order valence-electron chi connectivity index (χ0n) is 31.7. The van der Waals surface area contributed by atoms with Crippen molar-refractivity contribution in [1.29, 1.82) is 0 Å². The molecule has 12 nitrogen and oxygen atoms in total. The van der Waals surface area contributed by atoms with Gasteiger partial charge < -0.3 is 29.8 Å². The Balaban J connectivity index is 1.03. The Morgan fingerprint density at radius 1 is 0.852 bits per heavy atom. The number of hydrogen-bond acceptors (Lipinski definition) is 8. The van der Waals surface area contributed by atoms with E-state index in [9.17, 15) is 14.4 Å². The van der Waals surface area contributed by atoms with Crippen LogP contribution in [0.5, 0.6) is 0 Å². The summed E-state index contributed by atoms with van der Waals surface area (Å²) in [7, 11) is 3.72. The molecule has 1 fully saturated rings. The van der Waals surface area contributed by atoms with E-state index in [1.54, 1.807) is 24.3 Å². The number of aromatic nitrogens is 4. The van der Waals surface area contributed by atoms with Crippen LogP contribution in [0.25, 0.3) is 11.1 Å². The predicted octanol–water partition coefficient (Wildman–Crippen LogP) is 6.93. The molecule has 0 atom stereocenters. The number of halogens is 2. The van der Waals surface area contributed by atoms with E-state index in [0.29, 0.717) is 63.3 Å². The lowest BCUT2D eigenvalue weighted by Gasteiger charge is -2.42. The molecule has 1 saturated carbocycles. The van der Waals surface area contributed by atoms with Gasteiger partial charge >= 0.3 is 5.97 Å². The average molecular weight is 776 g/mol. The van der Waals surface area contributed by atoms with Gasteiger partial charge in [-0.2, -0.15) is 0 Å². The number of carbonyl (C=O) groups excluding carboxylic acids is 3. The molecule has 54 heavy (non-hydrogen) atoms. The molecular formula is C40H48Cl2N8O4. The second-order valence-corrected chi connectivity index (χ2v) is 16.7. The van der Waals surface area contributed by atoms with Gasteiger partial charge in [0.2, 0.25) is 0 Å². The number of amides is 2. The zero-order valence-corrected chi connectivity index (χ0v) is 33.2. The van der Waals surface area contributed by atoms with Gasteiger partial charge in [-0.1, -0.05) is 47.5 Å². The summed E-state index contributed by atoms with van der Waals surface area (Å²) in [6.45, 7) is 10.7. The highest BCUT2D eigenvalue weighted by Crippen LogP contribution is 2.42. The van der Waals surface area contributed by atoms with Gasteiger partial charge in [0, 0.05) is 81.7 Å². The molecule has 4 heterocycles. The molecule has 2 aromatic heterocycles. The van der Waals surface area contributed by atoms with Crippen molar-refractivity contribution in [2.24, 2.45) is 19.5 Å². The van der Waals surface area contributed by atoms with E-state index in [1.807, 2.05) is 63.1 Å². The summed E-state index contributed by atoms with van der Waals surface area (Å²) in [5.74, 6) is -0.229. The van der Waals surface area contributed by atoms with Crippen LogP contribution in [-0.2, 0) is 49.6 Å². The first-order valence-electron chi connectivity index (χ1n) is 18.6. The topological polar surface area (TPSA) is 135 Å². The summed E-state index contributed by atoms with van der Waals surface area (Å²) in [5, 5.41) is 9.80. The number of nitrogens with zero attached hydrogens (tertiary/aromatic N) is 5. The number of rotatable bonds is 7. The fourth-order valence-corrected chi connectivity index (χ4v) is 8.51. The minimum atomic E-state index is -0.503. The summed E-state index contributed by atoms with van der Waals surface area (Å²) in [4.78, 5) is 51.9. The molecule has 2 aromatic carbocycles. The van der Waals surface area contributed by atoms with Gasteiger partial charge in [-0.25, -0.2) is 9.97 Å². The fourth-order valence-electron chi connectivity index (χ4n) is 7.96. The van der Waals surface area contributed by atoms with E-state index in [0.717, 1.165) is 74.4 Å². The number of imidazole rings is 2. The second kappa shape index (κ2) is 14.8. The summed E-state index contributed by atoms with van der Waals surface area (Å²) >= 11 is 13.9. The number of hydrogen-bond donors (Lipinski definition) is 3. The fraction of sp³-hybridized carbons (Fsp3) is 0.475. The smallest absolute Gasteiger partial charge is 0.312 e. The van der Waals surface area contributed by atoms with Crippen molar-refractivity contribution in [2.75, 3.05) is 23.7 Å². The number of anilines is 2. The second-order valence-electron chi connectivity index (χ2n) is 16.0. The van der Waals surface area contributed by atoms with Crippen molar-refractivity contribution in [3.05, 3.63) is 80.9 Å². The molecule has 0 bridgehead atoms. The number of fused-ring (bicyclic) bond motifs is 2. The molecule has 1 aliphatic carbocycles. The Bertz CT molecular complexity index is 2130. The molecule has 4 aromatic rings. The van der Waals surface area contributed by atoms with Gasteiger partial charge in [-0.15, -0.1) is 0 Å². The Morgan fingerprint density at radius 3 is 1.93 bits per heavy atom. The van der Waals surface area contributed by atoms with Crippen LogP contribution in [0.15, 0.2) is 36.4 Å². The van der Waals surface area contributed by atoms with Crippen molar-refractivity contribution >= 4 is 52.4 Å². The molecule has 0 spiro atoms. The Kier molecular flexibility index (Phi) is 10.4. The Hall–Kier alpha value is -4.23. The molecular weight excluding hydrogens is 727 g/mol. The third kappa shape index (κ3) is 7.41. The number of esters is 1. The quantitative estimate of drug-likeness (QED) is 0.172. The van der Waals surface area contributed by atoms with Crippen molar-refractivity contribution < 1.29 is 19.1 Å².